The van der Waals surface area contributed by atoms with E-state index in [4.69, 9.17) is 5.73 Å². The third kappa shape index (κ3) is 4.15. The van der Waals surface area contributed by atoms with Crippen molar-refractivity contribution in [2.45, 2.75) is 18.9 Å². The summed E-state index contributed by atoms with van der Waals surface area (Å²) in [5, 5.41) is 6.22. The lowest BCUT2D eigenvalue weighted by Gasteiger charge is -2.35. The molecule has 0 atom stereocenters. The molecule has 0 saturated carbocycles. The maximum Gasteiger partial charge on any atom is 0.291 e. The third-order valence-corrected chi connectivity index (χ3v) is 4.15. The van der Waals surface area contributed by atoms with Gasteiger partial charge in [0.15, 0.2) is 0 Å². The molecule has 1 aliphatic heterocycles. The number of carbonyl (C=O) groups is 1. The molecule has 21 heavy (non-hydrogen) atoms. The molecule has 0 bridgehead atoms. The van der Waals surface area contributed by atoms with Crippen LogP contribution in [0, 0.1) is 0 Å². The van der Waals surface area contributed by atoms with Crippen LogP contribution < -0.4 is 5.73 Å². The van der Waals surface area contributed by atoms with Crippen LogP contribution in [0.1, 0.15) is 23.5 Å². The highest BCUT2D eigenvalue weighted by Gasteiger charge is 2.21. The van der Waals surface area contributed by atoms with Gasteiger partial charge in [-0.3, -0.25) is 9.89 Å². The number of nitrogen functional groups attached to an aromatic ring is 1. The van der Waals surface area contributed by atoms with Crippen molar-refractivity contribution in [1.82, 2.24) is 29.9 Å². The molecule has 0 radical (unpaired) electrons. The van der Waals surface area contributed by atoms with E-state index < -0.39 is 0 Å². The van der Waals surface area contributed by atoms with Crippen LogP contribution in [0.15, 0.2) is 0 Å². The van der Waals surface area contributed by atoms with Crippen molar-refractivity contribution in [3.63, 3.8) is 0 Å². The second-order valence-corrected chi connectivity index (χ2v) is 5.78. The smallest absolute Gasteiger partial charge is 0.291 e. The molecule has 3 N–H and O–H groups in total. The van der Waals surface area contributed by atoms with E-state index in [1.165, 1.54) is 12.8 Å². The van der Waals surface area contributed by atoms with Crippen LogP contribution in [-0.2, 0) is 0 Å². The molecule has 2 rings (SSSR count). The second kappa shape index (κ2) is 6.86. The van der Waals surface area contributed by atoms with Gasteiger partial charge in [0, 0.05) is 26.2 Å². The van der Waals surface area contributed by atoms with Crippen molar-refractivity contribution in [3.8, 4) is 0 Å². The van der Waals surface area contributed by atoms with Gasteiger partial charge in [0.2, 0.25) is 11.8 Å². The number of nitrogens with one attached hydrogen (secondary N) is 1. The molecule has 1 amide bonds. The summed E-state index contributed by atoms with van der Waals surface area (Å²) < 4.78 is 0. The van der Waals surface area contributed by atoms with Gasteiger partial charge >= 0.3 is 0 Å². The van der Waals surface area contributed by atoms with Gasteiger partial charge in [0.05, 0.1) is 0 Å². The van der Waals surface area contributed by atoms with Gasteiger partial charge in [-0.25, -0.2) is 0 Å². The van der Waals surface area contributed by atoms with E-state index in [1.54, 1.807) is 11.9 Å². The largest absolute Gasteiger partial charge is 0.366 e. The molecule has 0 aromatic carbocycles. The van der Waals surface area contributed by atoms with Gasteiger partial charge in [-0.1, -0.05) is 0 Å². The fourth-order valence-electron chi connectivity index (χ4n) is 2.58. The summed E-state index contributed by atoms with van der Waals surface area (Å²) in [4.78, 5) is 22.3. The summed E-state index contributed by atoms with van der Waals surface area (Å²) in [5.74, 6) is 0.100. The minimum atomic E-state index is -0.184. The molecule has 1 aromatic heterocycles. The van der Waals surface area contributed by atoms with E-state index in [-0.39, 0.29) is 17.7 Å². The predicted molar refractivity (Wildman–Crippen MR) is 80.9 cm³/mol. The zero-order valence-corrected chi connectivity index (χ0v) is 13.0. The molecule has 1 saturated heterocycles. The van der Waals surface area contributed by atoms with Crippen molar-refractivity contribution >= 4 is 11.9 Å². The molecule has 0 spiro atoms. The lowest BCUT2D eigenvalue weighted by molar-refractivity contribution is 0.0747. The number of hydrogen-bond donors (Lipinski definition) is 2. The van der Waals surface area contributed by atoms with Gasteiger partial charge in [-0.15, -0.1) is 5.10 Å². The van der Waals surface area contributed by atoms with Crippen LogP contribution in [0.25, 0.3) is 0 Å². The number of rotatable bonds is 5. The van der Waals surface area contributed by atoms with E-state index in [9.17, 15) is 4.79 Å². The zero-order valence-electron chi connectivity index (χ0n) is 13.0. The molecule has 1 aromatic rings. The predicted octanol–water partition coefficient (Wildman–Crippen LogP) is -0.515. The van der Waals surface area contributed by atoms with E-state index in [0.717, 1.165) is 19.6 Å². The van der Waals surface area contributed by atoms with Gasteiger partial charge in [0.1, 0.15) is 0 Å². The Kier molecular flexibility index (Phi) is 5.13. The number of hydrogen-bond acceptors (Lipinski definition) is 6. The van der Waals surface area contributed by atoms with E-state index >= 15 is 0 Å². The number of anilines is 1. The molecule has 8 heteroatoms. The number of nitrogens with two attached hydrogens (primary N) is 1. The fourth-order valence-corrected chi connectivity index (χ4v) is 2.58. The minimum absolute atomic E-state index is 0.0928. The molecule has 8 nitrogen and oxygen atoms in total. The van der Waals surface area contributed by atoms with Crippen LogP contribution in [0.4, 0.5) is 5.95 Å². The summed E-state index contributed by atoms with van der Waals surface area (Å²) in [6, 6.07) is 0.602. The minimum Gasteiger partial charge on any atom is -0.366 e. The molecular formula is C13H25N7O. The number of piperidine rings is 1. The average Bonchev–Trinajstić information content (AvgIpc) is 2.91. The zero-order chi connectivity index (χ0) is 15.4. The Balaban J connectivity index is 1.78. The van der Waals surface area contributed by atoms with Crippen LogP contribution in [0.2, 0.25) is 0 Å². The van der Waals surface area contributed by atoms with Crippen molar-refractivity contribution in [2.24, 2.45) is 0 Å². The standard InChI is InChI=1S/C13H25N7O/c1-18-6-4-10(5-7-18)19(2)8-9-20(3)12(21)11-15-13(14)17-16-11/h10H,4-9H2,1-3H3,(H3,14,15,16,17). The maximum atomic E-state index is 12.1. The fraction of sp³-hybridized carbons (Fsp3) is 0.769. The summed E-state index contributed by atoms with van der Waals surface area (Å²) in [6.45, 7) is 3.78. The molecule has 0 unspecified atom stereocenters. The first-order chi connectivity index (χ1) is 9.97. The Morgan fingerprint density at radius 1 is 1.38 bits per heavy atom. The van der Waals surface area contributed by atoms with Crippen molar-refractivity contribution < 1.29 is 4.79 Å². The lowest BCUT2D eigenvalue weighted by atomic mass is 10.0. The molecule has 1 fully saturated rings. The summed E-state index contributed by atoms with van der Waals surface area (Å²) in [7, 11) is 6.05. The maximum absolute atomic E-state index is 12.1. The number of amides is 1. The number of carbonyl (C=O) groups excluding carboxylic acids is 1. The van der Waals surface area contributed by atoms with E-state index in [1.807, 2.05) is 0 Å². The van der Waals surface area contributed by atoms with Gasteiger partial charge < -0.3 is 20.4 Å². The summed E-state index contributed by atoms with van der Waals surface area (Å²) in [5.41, 5.74) is 5.41. The topological polar surface area (TPSA) is 94.4 Å². The van der Waals surface area contributed by atoms with Crippen LogP contribution in [0.3, 0.4) is 0 Å². The first-order valence-electron chi connectivity index (χ1n) is 7.29. The second-order valence-electron chi connectivity index (χ2n) is 5.78. The van der Waals surface area contributed by atoms with Gasteiger partial charge in [-0.2, -0.15) is 4.98 Å². The number of likely N-dealkylation sites (tertiary alicyclic amines) is 1. The number of aromatic nitrogens is 3. The van der Waals surface area contributed by atoms with Crippen LogP contribution >= 0.6 is 0 Å². The highest BCUT2D eigenvalue weighted by molar-refractivity contribution is 5.90. The molecule has 1 aliphatic rings. The van der Waals surface area contributed by atoms with E-state index in [0.29, 0.717) is 12.6 Å². The van der Waals surface area contributed by atoms with Crippen molar-refractivity contribution in [3.05, 3.63) is 5.82 Å². The van der Waals surface area contributed by atoms with E-state index in [2.05, 4.69) is 39.1 Å². The Hall–Kier alpha value is -1.67. The number of aromatic amines is 1. The Morgan fingerprint density at radius 3 is 2.62 bits per heavy atom. The monoisotopic (exact) mass is 295 g/mol. The summed E-state index contributed by atoms with van der Waals surface area (Å²) in [6.07, 6.45) is 2.37. The molecule has 118 valence electrons. The normalized spacial score (nSPS) is 17.3. The average molecular weight is 295 g/mol. The number of nitrogens with zero attached hydrogens (tertiary/aromatic N) is 5. The SMILES string of the molecule is CN1CCC(N(C)CCN(C)C(=O)c2nc(N)n[nH]2)CC1. The van der Waals surface area contributed by atoms with Crippen molar-refractivity contribution in [2.75, 3.05) is 53.1 Å². The quantitative estimate of drug-likeness (QED) is 0.759. The highest BCUT2D eigenvalue weighted by Crippen LogP contribution is 2.13. The molecular weight excluding hydrogens is 270 g/mol. The van der Waals surface area contributed by atoms with Crippen LogP contribution in [-0.4, -0.2) is 89.2 Å². The summed E-state index contributed by atoms with van der Waals surface area (Å²) >= 11 is 0. The third-order valence-electron chi connectivity index (χ3n) is 4.15. The lowest BCUT2D eigenvalue weighted by Crippen LogP contribution is -2.44. The van der Waals surface area contributed by atoms with Crippen LogP contribution in [0.5, 0.6) is 0 Å². The Labute approximate surface area is 125 Å². The molecule has 2 heterocycles. The van der Waals surface area contributed by atoms with Gasteiger partial charge in [0.25, 0.3) is 5.91 Å². The van der Waals surface area contributed by atoms with Crippen molar-refractivity contribution in [1.29, 1.82) is 0 Å². The molecule has 0 aliphatic carbocycles. The Morgan fingerprint density at radius 2 is 2.05 bits per heavy atom. The highest BCUT2D eigenvalue weighted by atomic mass is 16.2. The first-order valence-corrected chi connectivity index (χ1v) is 7.29. The first kappa shape index (κ1) is 15.7. The van der Waals surface area contributed by atoms with Gasteiger partial charge in [-0.05, 0) is 40.0 Å². The Bertz CT molecular complexity index is 467. The number of likely N-dealkylation sites (N-methyl/N-ethyl adjacent to an activating group) is 2. The number of H-pyrrole nitrogens is 1.